The quantitative estimate of drug-likeness (QED) is 0.828. The topological polar surface area (TPSA) is 12.0 Å². The SMILES string of the molecule is CNCC(C)(C)Cc1ccc(C)cc1Cl. The summed E-state index contributed by atoms with van der Waals surface area (Å²) < 4.78 is 0. The molecule has 0 amide bonds. The summed E-state index contributed by atoms with van der Waals surface area (Å²) in [7, 11) is 1.98. The van der Waals surface area contributed by atoms with Crippen molar-refractivity contribution in [2.75, 3.05) is 13.6 Å². The molecule has 0 aliphatic heterocycles. The summed E-state index contributed by atoms with van der Waals surface area (Å²) in [6, 6.07) is 6.29. The first-order valence-electron chi connectivity index (χ1n) is 5.34. The molecule has 0 saturated heterocycles. The second kappa shape index (κ2) is 5.00. The molecule has 1 rings (SSSR count). The fraction of sp³-hybridized carbons (Fsp3) is 0.538. The van der Waals surface area contributed by atoms with E-state index in [1.807, 2.05) is 13.1 Å². The predicted octanol–water partition coefficient (Wildman–Crippen LogP) is 3.44. The minimum absolute atomic E-state index is 0.244. The molecular weight excluding hydrogens is 206 g/mol. The summed E-state index contributed by atoms with van der Waals surface area (Å²) in [5.74, 6) is 0. The number of hydrogen-bond acceptors (Lipinski definition) is 1. The van der Waals surface area contributed by atoms with Gasteiger partial charge in [-0.3, -0.25) is 0 Å². The van der Waals surface area contributed by atoms with Crippen LogP contribution < -0.4 is 5.32 Å². The van der Waals surface area contributed by atoms with E-state index in [0.29, 0.717) is 0 Å². The summed E-state index contributed by atoms with van der Waals surface area (Å²) >= 11 is 6.22. The summed E-state index contributed by atoms with van der Waals surface area (Å²) in [5, 5.41) is 4.10. The molecule has 0 aromatic heterocycles. The van der Waals surface area contributed by atoms with Crippen molar-refractivity contribution >= 4 is 11.6 Å². The fourth-order valence-electron chi connectivity index (χ4n) is 1.85. The second-order valence-corrected chi connectivity index (χ2v) is 5.37. The maximum atomic E-state index is 6.22. The van der Waals surface area contributed by atoms with Crippen LogP contribution in [0, 0.1) is 12.3 Å². The average molecular weight is 226 g/mol. The Bertz CT molecular complexity index is 331. The molecule has 0 saturated carbocycles. The van der Waals surface area contributed by atoms with Crippen LogP contribution in [-0.4, -0.2) is 13.6 Å². The predicted molar refractivity (Wildman–Crippen MR) is 67.6 cm³/mol. The monoisotopic (exact) mass is 225 g/mol. The maximum Gasteiger partial charge on any atom is 0.0440 e. The van der Waals surface area contributed by atoms with Gasteiger partial charge in [-0.2, -0.15) is 0 Å². The normalized spacial score (nSPS) is 11.8. The van der Waals surface area contributed by atoms with Crippen LogP contribution >= 0.6 is 11.6 Å². The molecule has 0 atom stereocenters. The largest absolute Gasteiger partial charge is 0.319 e. The van der Waals surface area contributed by atoms with E-state index in [-0.39, 0.29) is 5.41 Å². The summed E-state index contributed by atoms with van der Waals surface area (Å²) in [5.41, 5.74) is 2.70. The first-order chi connectivity index (χ1) is 6.94. The molecule has 0 aliphatic rings. The molecule has 0 unspecified atom stereocenters. The standard InChI is InChI=1S/C13H20ClN/c1-10-5-6-11(12(14)7-10)8-13(2,3)9-15-4/h5-7,15H,8-9H2,1-4H3. The van der Waals surface area contributed by atoms with Gasteiger partial charge in [-0.05, 0) is 43.0 Å². The van der Waals surface area contributed by atoms with Crippen molar-refractivity contribution in [2.24, 2.45) is 5.41 Å². The van der Waals surface area contributed by atoms with Crippen LogP contribution in [0.1, 0.15) is 25.0 Å². The van der Waals surface area contributed by atoms with Crippen LogP contribution in [0.25, 0.3) is 0 Å². The van der Waals surface area contributed by atoms with Crippen molar-refractivity contribution in [1.82, 2.24) is 5.32 Å². The van der Waals surface area contributed by atoms with Gasteiger partial charge in [0.05, 0.1) is 0 Å². The van der Waals surface area contributed by atoms with E-state index in [1.165, 1.54) is 11.1 Å². The van der Waals surface area contributed by atoms with Crippen LogP contribution in [0.4, 0.5) is 0 Å². The van der Waals surface area contributed by atoms with Gasteiger partial charge in [0.25, 0.3) is 0 Å². The summed E-state index contributed by atoms with van der Waals surface area (Å²) in [6.07, 6.45) is 1.01. The number of nitrogens with one attached hydrogen (secondary N) is 1. The highest BCUT2D eigenvalue weighted by atomic mass is 35.5. The fourth-order valence-corrected chi connectivity index (χ4v) is 2.15. The Balaban J connectivity index is 2.80. The zero-order valence-electron chi connectivity index (χ0n) is 10.0. The molecule has 1 aromatic rings. The molecule has 0 fully saturated rings. The van der Waals surface area contributed by atoms with Gasteiger partial charge >= 0.3 is 0 Å². The van der Waals surface area contributed by atoms with E-state index in [0.717, 1.165) is 18.0 Å². The first kappa shape index (κ1) is 12.5. The lowest BCUT2D eigenvalue weighted by Crippen LogP contribution is -2.28. The van der Waals surface area contributed by atoms with Gasteiger partial charge in [-0.1, -0.05) is 37.6 Å². The molecule has 2 heteroatoms. The van der Waals surface area contributed by atoms with Gasteiger partial charge in [-0.25, -0.2) is 0 Å². The van der Waals surface area contributed by atoms with Gasteiger partial charge in [0.1, 0.15) is 0 Å². The lowest BCUT2D eigenvalue weighted by atomic mass is 9.85. The molecule has 0 radical (unpaired) electrons. The first-order valence-corrected chi connectivity index (χ1v) is 5.72. The minimum atomic E-state index is 0.244. The molecule has 1 aromatic carbocycles. The van der Waals surface area contributed by atoms with Crippen molar-refractivity contribution in [1.29, 1.82) is 0 Å². The second-order valence-electron chi connectivity index (χ2n) is 4.97. The Labute approximate surface area is 97.8 Å². The van der Waals surface area contributed by atoms with E-state index < -0.39 is 0 Å². The van der Waals surface area contributed by atoms with Crippen LogP contribution in [0.3, 0.4) is 0 Å². The zero-order valence-corrected chi connectivity index (χ0v) is 10.8. The Morgan fingerprint density at radius 2 is 2.00 bits per heavy atom. The Morgan fingerprint density at radius 3 is 2.53 bits per heavy atom. The lowest BCUT2D eigenvalue weighted by Gasteiger charge is -2.24. The third kappa shape index (κ3) is 3.84. The average Bonchev–Trinajstić information content (AvgIpc) is 2.09. The Kier molecular flexibility index (Phi) is 4.18. The van der Waals surface area contributed by atoms with E-state index in [4.69, 9.17) is 11.6 Å². The number of hydrogen-bond donors (Lipinski definition) is 1. The van der Waals surface area contributed by atoms with E-state index >= 15 is 0 Å². The highest BCUT2D eigenvalue weighted by molar-refractivity contribution is 6.31. The van der Waals surface area contributed by atoms with Crippen molar-refractivity contribution in [3.63, 3.8) is 0 Å². The molecule has 1 N–H and O–H groups in total. The highest BCUT2D eigenvalue weighted by Gasteiger charge is 2.18. The van der Waals surface area contributed by atoms with Crippen molar-refractivity contribution < 1.29 is 0 Å². The van der Waals surface area contributed by atoms with Crippen LogP contribution in [-0.2, 0) is 6.42 Å². The van der Waals surface area contributed by atoms with E-state index in [1.54, 1.807) is 0 Å². The molecule has 84 valence electrons. The molecule has 0 bridgehead atoms. The number of benzene rings is 1. The molecule has 15 heavy (non-hydrogen) atoms. The van der Waals surface area contributed by atoms with Gasteiger partial charge in [0.2, 0.25) is 0 Å². The minimum Gasteiger partial charge on any atom is -0.319 e. The van der Waals surface area contributed by atoms with Crippen LogP contribution in [0.5, 0.6) is 0 Å². The third-order valence-electron chi connectivity index (χ3n) is 2.53. The molecular formula is C13H20ClN. The highest BCUT2D eigenvalue weighted by Crippen LogP contribution is 2.26. The zero-order chi connectivity index (χ0) is 11.5. The summed E-state index contributed by atoms with van der Waals surface area (Å²) in [6.45, 7) is 7.56. The van der Waals surface area contributed by atoms with Gasteiger partial charge in [0.15, 0.2) is 0 Å². The smallest absolute Gasteiger partial charge is 0.0440 e. The summed E-state index contributed by atoms with van der Waals surface area (Å²) in [4.78, 5) is 0. The Hall–Kier alpha value is -0.530. The van der Waals surface area contributed by atoms with Crippen LogP contribution in [0.2, 0.25) is 5.02 Å². The molecule has 0 spiro atoms. The molecule has 1 nitrogen and oxygen atoms in total. The van der Waals surface area contributed by atoms with E-state index in [9.17, 15) is 0 Å². The third-order valence-corrected chi connectivity index (χ3v) is 2.88. The number of aryl methyl sites for hydroxylation is 1. The van der Waals surface area contributed by atoms with Crippen molar-refractivity contribution in [2.45, 2.75) is 27.2 Å². The van der Waals surface area contributed by atoms with Gasteiger partial charge < -0.3 is 5.32 Å². The molecule has 0 aliphatic carbocycles. The lowest BCUT2D eigenvalue weighted by molar-refractivity contribution is 0.350. The van der Waals surface area contributed by atoms with Crippen LogP contribution in [0.15, 0.2) is 18.2 Å². The number of rotatable bonds is 4. The van der Waals surface area contributed by atoms with Gasteiger partial charge in [0, 0.05) is 11.6 Å². The Morgan fingerprint density at radius 1 is 1.33 bits per heavy atom. The molecule has 0 heterocycles. The van der Waals surface area contributed by atoms with Gasteiger partial charge in [-0.15, -0.1) is 0 Å². The number of halogens is 1. The maximum absolute atomic E-state index is 6.22. The van der Waals surface area contributed by atoms with E-state index in [2.05, 4.69) is 38.2 Å². The van der Waals surface area contributed by atoms with Crippen molar-refractivity contribution in [3.8, 4) is 0 Å². The van der Waals surface area contributed by atoms with Crippen molar-refractivity contribution in [3.05, 3.63) is 34.3 Å².